The molecule has 1 aromatic rings. The summed E-state index contributed by atoms with van der Waals surface area (Å²) in [5.41, 5.74) is -1.33. The maximum absolute atomic E-state index is 12.2. The van der Waals surface area contributed by atoms with Gasteiger partial charge >= 0.3 is 6.18 Å². The van der Waals surface area contributed by atoms with E-state index in [1.807, 2.05) is 0 Å². The van der Waals surface area contributed by atoms with E-state index in [4.69, 9.17) is 11.6 Å². The molecule has 0 radical (unpaired) electrons. The van der Waals surface area contributed by atoms with E-state index in [0.29, 0.717) is 0 Å². The second-order valence-electron chi connectivity index (χ2n) is 2.64. The van der Waals surface area contributed by atoms with Crippen LogP contribution in [0.3, 0.4) is 0 Å². The average Bonchev–Trinajstić information content (AvgIpc) is 2.07. The zero-order valence-corrected chi connectivity index (χ0v) is 7.77. The van der Waals surface area contributed by atoms with Crippen molar-refractivity contribution < 1.29 is 13.2 Å². The third-order valence-corrected chi connectivity index (χ3v) is 1.81. The normalized spacial score (nSPS) is 11.7. The van der Waals surface area contributed by atoms with Crippen LogP contribution in [0.1, 0.15) is 5.56 Å². The summed E-state index contributed by atoms with van der Waals surface area (Å²) >= 11 is 5.33. The molecule has 0 N–H and O–H groups in total. The fourth-order valence-corrected chi connectivity index (χ4v) is 1.15. The van der Waals surface area contributed by atoms with Crippen LogP contribution >= 0.6 is 11.6 Å². The lowest BCUT2D eigenvalue weighted by atomic mass is 10.3. The Morgan fingerprint density at radius 1 is 1.36 bits per heavy atom. The van der Waals surface area contributed by atoms with Crippen molar-refractivity contribution in [3.63, 3.8) is 0 Å². The number of hydrogen-bond acceptors (Lipinski definition) is 1. The van der Waals surface area contributed by atoms with Crippen LogP contribution in [0.15, 0.2) is 23.1 Å². The number of aromatic nitrogens is 1. The fraction of sp³-hybridized carbons (Fsp3) is 0.375. The lowest BCUT2D eigenvalue weighted by molar-refractivity contribution is -0.138. The van der Waals surface area contributed by atoms with Crippen molar-refractivity contribution in [2.75, 3.05) is 5.88 Å². The monoisotopic (exact) mass is 225 g/mol. The smallest absolute Gasteiger partial charge is 0.314 e. The molecule has 1 aromatic heterocycles. The molecule has 1 rings (SSSR count). The molecule has 1 heterocycles. The highest BCUT2D eigenvalue weighted by Crippen LogP contribution is 2.27. The molecule has 0 fully saturated rings. The Morgan fingerprint density at radius 2 is 2.00 bits per heavy atom. The lowest BCUT2D eigenvalue weighted by Gasteiger charge is -2.09. The number of rotatable bonds is 2. The summed E-state index contributed by atoms with van der Waals surface area (Å²) in [7, 11) is 0. The molecule has 0 saturated heterocycles. The number of hydrogen-bond donors (Lipinski definition) is 0. The van der Waals surface area contributed by atoms with E-state index >= 15 is 0 Å². The zero-order valence-electron chi connectivity index (χ0n) is 7.01. The van der Waals surface area contributed by atoms with E-state index < -0.39 is 17.3 Å². The second-order valence-corrected chi connectivity index (χ2v) is 3.01. The minimum Gasteiger partial charge on any atom is -0.314 e. The molecule has 0 aliphatic carbocycles. The summed E-state index contributed by atoms with van der Waals surface area (Å²) in [4.78, 5) is 11.0. The molecule has 0 saturated carbocycles. The molecule has 0 spiro atoms. The first kappa shape index (κ1) is 11.1. The Morgan fingerprint density at radius 3 is 2.50 bits per heavy atom. The summed E-state index contributed by atoms with van der Waals surface area (Å²) in [6.45, 7) is 0.0737. The van der Waals surface area contributed by atoms with Gasteiger partial charge in [-0.25, -0.2) is 0 Å². The van der Waals surface area contributed by atoms with E-state index in [1.54, 1.807) is 0 Å². The summed E-state index contributed by atoms with van der Waals surface area (Å²) in [5, 5.41) is 0. The molecular formula is C8H7ClF3NO. The number of aryl methyl sites for hydroxylation is 1. The van der Waals surface area contributed by atoms with Crippen molar-refractivity contribution in [3.05, 3.63) is 34.2 Å². The predicted molar refractivity (Wildman–Crippen MR) is 46.4 cm³/mol. The third kappa shape index (κ3) is 2.51. The minimum atomic E-state index is -4.43. The Labute approximate surface area is 82.9 Å². The minimum absolute atomic E-state index is 0.0737. The van der Waals surface area contributed by atoms with Gasteiger partial charge in [0.25, 0.3) is 5.56 Å². The molecule has 0 unspecified atom stereocenters. The first-order valence-corrected chi connectivity index (χ1v) is 4.32. The second kappa shape index (κ2) is 4.04. The van der Waals surface area contributed by atoms with E-state index in [-0.39, 0.29) is 12.4 Å². The van der Waals surface area contributed by atoms with Crippen LogP contribution in [-0.2, 0) is 12.7 Å². The summed E-state index contributed by atoms with van der Waals surface area (Å²) < 4.78 is 37.5. The number of alkyl halides is 4. The van der Waals surface area contributed by atoms with Gasteiger partial charge in [0.15, 0.2) is 0 Å². The molecule has 0 bridgehead atoms. The first-order chi connectivity index (χ1) is 6.45. The van der Waals surface area contributed by atoms with Gasteiger partial charge in [-0.1, -0.05) is 0 Å². The van der Waals surface area contributed by atoms with E-state index in [9.17, 15) is 18.0 Å². The molecular weight excluding hydrogens is 219 g/mol. The van der Waals surface area contributed by atoms with Crippen LogP contribution in [0.4, 0.5) is 13.2 Å². The van der Waals surface area contributed by atoms with Crippen molar-refractivity contribution >= 4 is 11.6 Å². The van der Waals surface area contributed by atoms with Crippen LogP contribution in [0, 0.1) is 0 Å². The Balaban J connectivity index is 3.13. The molecule has 0 aliphatic rings. The van der Waals surface area contributed by atoms with Gasteiger partial charge < -0.3 is 4.57 Å². The molecule has 0 aliphatic heterocycles. The standard InChI is InChI=1S/C8H7ClF3NO/c9-3-4-13-5-6(8(10,11)12)1-2-7(13)14/h1-2,5H,3-4H2. The summed E-state index contributed by atoms with van der Waals surface area (Å²) in [6.07, 6.45) is -3.66. The lowest BCUT2D eigenvalue weighted by Crippen LogP contribution is -2.21. The SMILES string of the molecule is O=c1ccc(C(F)(F)F)cn1CCCl. The van der Waals surface area contributed by atoms with Crippen LogP contribution in [-0.4, -0.2) is 10.4 Å². The number of nitrogens with zero attached hydrogens (tertiary/aromatic N) is 1. The van der Waals surface area contributed by atoms with Gasteiger partial charge in [0.2, 0.25) is 0 Å². The van der Waals surface area contributed by atoms with Crippen molar-refractivity contribution in [2.24, 2.45) is 0 Å². The van der Waals surface area contributed by atoms with Gasteiger partial charge in [-0.2, -0.15) is 13.2 Å². The molecule has 14 heavy (non-hydrogen) atoms. The Kier molecular flexibility index (Phi) is 3.21. The van der Waals surface area contributed by atoms with Gasteiger partial charge in [-0.3, -0.25) is 4.79 Å². The number of pyridine rings is 1. The molecule has 78 valence electrons. The Hall–Kier alpha value is -0.970. The molecule has 6 heteroatoms. The highest BCUT2D eigenvalue weighted by molar-refractivity contribution is 6.17. The highest BCUT2D eigenvalue weighted by atomic mass is 35.5. The van der Waals surface area contributed by atoms with E-state index in [2.05, 4.69) is 0 Å². The Bertz CT molecular complexity index is 372. The van der Waals surface area contributed by atoms with Gasteiger partial charge in [0.05, 0.1) is 5.56 Å². The first-order valence-electron chi connectivity index (χ1n) is 3.79. The zero-order chi connectivity index (χ0) is 10.8. The van der Waals surface area contributed by atoms with Crippen LogP contribution in [0.5, 0.6) is 0 Å². The quantitative estimate of drug-likeness (QED) is 0.707. The van der Waals surface area contributed by atoms with Gasteiger partial charge in [-0.15, -0.1) is 11.6 Å². The number of halogens is 4. The maximum Gasteiger partial charge on any atom is 0.417 e. The van der Waals surface area contributed by atoms with Crippen molar-refractivity contribution in [1.82, 2.24) is 4.57 Å². The van der Waals surface area contributed by atoms with Crippen molar-refractivity contribution in [3.8, 4) is 0 Å². The van der Waals surface area contributed by atoms with E-state index in [1.165, 1.54) is 0 Å². The molecule has 0 amide bonds. The van der Waals surface area contributed by atoms with Crippen LogP contribution in [0.2, 0.25) is 0 Å². The molecule has 0 aromatic carbocycles. The van der Waals surface area contributed by atoms with Gasteiger partial charge in [0, 0.05) is 24.7 Å². The van der Waals surface area contributed by atoms with E-state index in [0.717, 1.165) is 22.9 Å². The topological polar surface area (TPSA) is 22.0 Å². The third-order valence-electron chi connectivity index (χ3n) is 1.64. The van der Waals surface area contributed by atoms with Gasteiger partial charge in [0.1, 0.15) is 0 Å². The summed E-state index contributed by atoms with van der Waals surface area (Å²) in [5.74, 6) is 0.0984. The molecule has 2 nitrogen and oxygen atoms in total. The van der Waals surface area contributed by atoms with Crippen LogP contribution < -0.4 is 5.56 Å². The predicted octanol–water partition coefficient (Wildman–Crippen LogP) is 2.11. The summed E-state index contributed by atoms with van der Waals surface area (Å²) in [6, 6.07) is 1.64. The van der Waals surface area contributed by atoms with Gasteiger partial charge in [-0.05, 0) is 6.07 Å². The fourth-order valence-electron chi connectivity index (χ4n) is 0.965. The maximum atomic E-state index is 12.2. The van der Waals surface area contributed by atoms with Crippen molar-refractivity contribution in [2.45, 2.75) is 12.7 Å². The molecule has 0 atom stereocenters. The largest absolute Gasteiger partial charge is 0.417 e. The van der Waals surface area contributed by atoms with Crippen LogP contribution in [0.25, 0.3) is 0 Å². The average molecular weight is 226 g/mol. The van der Waals surface area contributed by atoms with Crippen molar-refractivity contribution in [1.29, 1.82) is 0 Å². The highest BCUT2D eigenvalue weighted by Gasteiger charge is 2.30.